The van der Waals surface area contributed by atoms with E-state index < -0.39 is 5.91 Å². The number of carbonyl (C=O) groups is 2. The molecule has 1 aromatic heterocycles. The van der Waals surface area contributed by atoms with Gasteiger partial charge in [-0.25, -0.2) is 4.68 Å². The molecule has 8 nitrogen and oxygen atoms in total. The molecule has 2 aliphatic heterocycles. The molecule has 3 aromatic rings. The number of primary amides is 1. The van der Waals surface area contributed by atoms with Crippen LogP contribution in [0.25, 0.3) is 5.69 Å². The molecule has 0 spiro atoms. The van der Waals surface area contributed by atoms with Crippen LogP contribution in [-0.4, -0.2) is 46.1 Å². The predicted octanol–water partition coefficient (Wildman–Crippen LogP) is 4.09. The molecule has 0 saturated carbocycles. The second-order valence-electron chi connectivity index (χ2n) is 8.98. The molecule has 180 valence electrons. The molecule has 2 aliphatic rings. The third-order valence-corrected chi connectivity index (χ3v) is 6.91. The molecule has 35 heavy (non-hydrogen) atoms. The Morgan fingerprint density at radius 1 is 1.03 bits per heavy atom. The summed E-state index contributed by atoms with van der Waals surface area (Å²) in [5.74, 6) is 1.48. The minimum absolute atomic E-state index is 0.0190. The summed E-state index contributed by atoms with van der Waals surface area (Å²) >= 11 is 0. The van der Waals surface area contributed by atoms with Gasteiger partial charge in [-0.3, -0.25) is 9.59 Å². The molecule has 2 aromatic carbocycles. The molecule has 0 aliphatic carbocycles. The van der Waals surface area contributed by atoms with Crippen LogP contribution in [-0.2, 0) is 4.79 Å². The van der Waals surface area contributed by atoms with Crippen LogP contribution in [0, 0.1) is 5.92 Å². The number of likely N-dealkylation sites (tertiary alicyclic amines) is 1. The van der Waals surface area contributed by atoms with E-state index in [-0.39, 0.29) is 11.8 Å². The molecule has 0 bridgehead atoms. The van der Waals surface area contributed by atoms with Crippen LogP contribution in [0.3, 0.4) is 0 Å². The largest absolute Gasteiger partial charge is 0.457 e. The number of benzene rings is 2. The van der Waals surface area contributed by atoms with Gasteiger partial charge in [0.15, 0.2) is 5.69 Å². The highest BCUT2D eigenvalue weighted by Gasteiger charge is 2.36. The summed E-state index contributed by atoms with van der Waals surface area (Å²) in [6, 6.07) is 17.0. The number of nitrogens with one attached hydrogen (secondary N) is 1. The van der Waals surface area contributed by atoms with Crippen molar-refractivity contribution in [2.45, 2.75) is 25.2 Å². The van der Waals surface area contributed by atoms with Gasteiger partial charge in [-0.2, -0.15) is 5.10 Å². The van der Waals surface area contributed by atoms with Gasteiger partial charge in [0, 0.05) is 25.6 Å². The summed E-state index contributed by atoms with van der Waals surface area (Å²) in [7, 11) is 0. The van der Waals surface area contributed by atoms with Gasteiger partial charge in [0.1, 0.15) is 11.5 Å². The third kappa shape index (κ3) is 4.51. The monoisotopic (exact) mass is 471 g/mol. The molecule has 3 N–H and O–H groups in total. The van der Waals surface area contributed by atoms with Crippen LogP contribution >= 0.6 is 0 Å². The summed E-state index contributed by atoms with van der Waals surface area (Å²) in [5.41, 5.74) is 8.53. The number of carbonyl (C=O) groups excluding carboxylic acids is 2. The zero-order valence-corrected chi connectivity index (χ0v) is 19.5. The van der Waals surface area contributed by atoms with E-state index in [2.05, 4.69) is 11.9 Å². The van der Waals surface area contributed by atoms with Crippen molar-refractivity contribution in [3.63, 3.8) is 0 Å². The Bertz CT molecular complexity index is 1230. The van der Waals surface area contributed by atoms with E-state index in [4.69, 9.17) is 15.6 Å². The Kier molecular flexibility index (Phi) is 6.27. The number of nitrogens with zero attached hydrogens (tertiary/aromatic N) is 3. The lowest BCUT2D eigenvalue weighted by Gasteiger charge is -2.37. The number of aromatic nitrogens is 2. The fourth-order valence-corrected chi connectivity index (χ4v) is 5.16. The van der Waals surface area contributed by atoms with Gasteiger partial charge >= 0.3 is 0 Å². The fraction of sp³-hybridized carbons (Fsp3) is 0.296. The van der Waals surface area contributed by atoms with Crippen LogP contribution in [0.5, 0.6) is 11.5 Å². The van der Waals surface area contributed by atoms with Gasteiger partial charge in [0.05, 0.1) is 17.1 Å². The van der Waals surface area contributed by atoms with E-state index in [0.717, 1.165) is 48.6 Å². The first kappa shape index (κ1) is 22.7. The molecule has 1 saturated heterocycles. The van der Waals surface area contributed by atoms with E-state index in [1.54, 1.807) is 4.68 Å². The molecular formula is C27H29N5O3. The van der Waals surface area contributed by atoms with E-state index in [0.29, 0.717) is 30.5 Å². The Balaban J connectivity index is 1.41. The van der Waals surface area contributed by atoms with E-state index >= 15 is 0 Å². The Labute approximate surface area is 204 Å². The average molecular weight is 472 g/mol. The lowest BCUT2D eigenvalue weighted by molar-refractivity contribution is -0.127. The van der Waals surface area contributed by atoms with Gasteiger partial charge in [0.2, 0.25) is 5.91 Å². The summed E-state index contributed by atoms with van der Waals surface area (Å²) in [6.07, 6.45) is 4.09. The SMILES string of the molecule is C=CC(=O)N1CCC([C@@H]2CCNc3c2nn(-c2ccc(Oc4ccccc4)cc2)c3C(N)=O)CC1. The van der Waals surface area contributed by atoms with Crippen molar-refractivity contribution in [1.29, 1.82) is 0 Å². The zero-order valence-electron chi connectivity index (χ0n) is 19.5. The summed E-state index contributed by atoms with van der Waals surface area (Å²) in [6.45, 7) is 5.76. The number of ether oxygens (including phenoxy) is 1. The van der Waals surface area contributed by atoms with Crippen molar-refractivity contribution < 1.29 is 14.3 Å². The summed E-state index contributed by atoms with van der Waals surface area (Å²) in [5, 5.41) is 8.26. The van der Waals surface area contributed by atoms with Gasteiger partial charge in [0.25, 0.3) is 5.91 Å². The van der Waals surface area contributed by atoms with Crippen LogP contribution in [0.15, 0.2) is 67.3 Å². The number of nitrogens with two attached hydrogens (primary N) is 1. The summed E-state index contributed by atoms with van der Waals surface area (Å²) in [4.78, 5) is 26.3. The smallest absolute Gasteiger partial charge is 0.269 e. The number of rotatable bonds is 6. The molecule has 1 atom stereocenters. The van der Waals surface area contributed by atoms with Gasteiger partial charge in [-0.1, -0.05) is 24.8 Å². The number of hydrogen-bond donors (Lipinski definition) is 2. The normalized spacial score (nSPS) is 17.8. The molecule has 1 fully saturated rings. The average Bonchev–Trinajstić information content (AvgIpc) is 3.29. The molecule has 0 radical (unpaired) electrons. The Morgan fingerprint density at radius 2 is 1.71 bits per heavy atom. The zero-order chi connectivity index (χ0) is 24.4. The van der Waals surface area contributed by atoms with E-state index in [1.165, 1.54) is 6.08 Å². The first-order valence-electron chi connectivity index (χ1n) is 12.0. The van der Waals surface area contributed by atoms with Crippen molar-refractivity contribution in [2.24, 2.45) is 11.7 Å². The minimum atomic E-state index is -0.525. The molecule has 3 heterocycles. The second-order valence-corrected chi connectivity index (χ2v) is 8.98. The third-order valence-electron chi connectivity index (χ3n) is 6.91. The van der Waals surface area contributed by atoms with E-state index in [9.17, 15) is 9.59 Å². The number of amides is 2. The van der Waals surface area contributed by atoms with Crippen LogP contribution in [0.2, 0.25) is 0 Å². The lowest BCUT2D eigenvalue weighted by atomic mass is 9.78. The number of fused-ring (bicyclic) bond motifs is 1. The first-order valence-corrected chi connectivity index (χ1v) is 12.0. The van der Waals surface area contributed by atoms with Crippen molar-refractivity contribution >= 4 is 17.5 Å². The quantitative estimate of drug-likeness (QED) is 0.527. The van der Waals surface area contributed by atoms with Crippen molar-refractivity contribution in [3.8, 4) is 17.2 Å². The predicted molar refractivity (Wildman–Crippen MR) is 134 cm³/mol. The minimum Gasteiger partial charge on any atom is -0.457 e. The molecule has 8 heteroatoms. The van der Waals surface area contributed by atoms with Gasteiger partial charge in [-0.05, 0) is 67.7 Å². The highest BCUT2D eigenvalue weighted by molar-refractivity contribution is 5.98. The maximum atomic E-state index is 12.5. The van der Waals surface area contributed by atoms with Gasteiger partial charge < -0.3 is 20.7 Å². The Morgan fingerprint density at radius 3 is 2.37 bits per heavy atom. The van der Waals surface area contributed by atoms with Crippen molar-refractivity contribution in [3.05, 3.63) is 78.6 Å². The molecule has 0 unspecified atom stereocenters. The fourth-order valence-electron chi connectivity index (χ4n) is 5.16. The maximum absolute atomic E-state index is 12.5. The highest BCUT2D eigenvalue weighted by Crippen LogP contribution is 2.42. The molecule has 2 amide bonds. The molecular weight excluding hydrogens is 442 g/mol. The van der Waals surface area contributed by atoms with Crippen LogP contribution < -0.4 is 15.8 Å². The topological polar surface area (TPSA) is 102 Å². The maximum Gasteiger partial charge on any atom is 0.269 e. The van der Waals surface area contributed by atoms with Crippen LogP contribution in [0.4, 0.5) is 5.69 Å². The van der Waals surface area contributed by atoms with Gasteiger partial charge in [-0.15, -0.1) is 0 Å². The van der Waals surface area contributed by atoms with Crippen LogP contribution in [0.1, 0.15) is 41.4 Å². The van der Waals surface area contributed by atoms with E-state index in [1.807, 2.05) is 59.5 Å². The van der Waals surface area contributed by atoms with Crippen molar-refractivity contribution in [2.75, 3.05) is 25.0 Å². The Hall–Kier alpha value is -4.07. The van der Waals surface area contributed by atoms with Crippen molar-refractivity contribution in [1.82, 2.24) is 14.7 Å². The number of anilines is 1. The first-order chi connectivity index (χ1) is 17.0. The number of para-hydroxylation sites is 1. The molecule has 5 rings (SSSR count). The lowest BCUT2D eigenvalue weighted by Crippen LogP contribution is -2.39. The number of piperidine rings is 1. The summed E-state index contributed by atoms with van der Waals surface area (Å²) < 4.78 is 7.53. The highest BCUT2D eigenvalue weighted by atomic mass is 16.5. The number of hydrogen-bond acceptors (Lipinski definition) is 5. The second kappa shape index (κ2) is 9.66. The standard InChI is InChI=1S/C27H29N5O3/c1-2-23(33)31-16-13-18(14-17-31)22-12-15-29-25-24(22)30-32(26(25)27(28)34)19-8-10-21(11-9-19)35-20-6-4-3-5-7-20/h2-11,18,22,29H,1,12-17H2,(H2,28,34)/t22-/m0/s1.